The maximum Gasteiger partial charge on any atom is 0.123 e. The van der Waals surface area contributed by atoms with Gasteiger partial charge in [0.1, 0.15) is 5.82 Å². The van der Waals surface area contributed by atoms with Crippen molar-refractivity contribution >= 4 is 0 Å². The minimum absolute atomic E-state index is 0.129. The summed E-state index contributed by atoms with van der Waals surface area (Å²) in [6, 6.07) is 7.05. The third-order valence-corrected chi connectivity index (χ3v) is 6.22. The van der Waals surface area contributed by atoms with Gasteiger partial charge in [0, 0.05) is 51.2 Å². The van der Waals surface area contributed by atoms with Gasteiger partial charge in [0.15, 0.2) is 0 Å². The number of benzene rings is 1. The minimum atomic E-state index is -0.129. The zero-order chi connectivity index (χ0) is 16.6. The van der Waals surface area contributed by atoms with Crippen molar-refractivity contribution in [2.75, 3.05) is 46.4 Å². The highest BCUT2D eigenvalue weighted by atomic mass is 19.1. The molecule has 2 atom stereocenters. The third kappa shape index (κ3) is 3.51. The van der Waals surface area contributed by atoms with Crippen LogP contribution in [0.1, 0.15) is 24.8 Å². The largest absolute Gasteiger partial charge is 0.384 e. The van der Waals surface area contributed by atoms with Gasteiger partial charge in [-0.2, -0.15) is 0 Å². The molecule has 2 saturated heterocycles. The van der Waals surface area contributed by atoms with Crippen LogP contribution in [0.25, 0.3) is 0 Å². The molecule has 3 aliphatic rings. The number of ether oxygens (including phenoxy) is 1. The Bertz CT molecular complexity index is 577. The second-order valence-electron chi connectivity index (χ2n) is 8.24. The van der Waals surface area contributed by atoms with Gasteiger partial charge < -0.3 is 9.64 Å². The molecule has 3 nitrogen and oxygen atoms in total. The molecule has 1 aromatic carbocycles. The predicted octanol–water partition coefficient (Wildman–Crippen LogP) is 3.01. The van der Waals surface area contributed by atoms with E-state index >= 15 is 0 Å². The molecule has 24 heavy (non-hydrogen) atoms. The van der Waals surface area contributed by atoms with E-state index in [1.807, 2.05) is 19.2 Å². The Morgan fingerprint density at radius 2 is 2.08 bits per heavy atom. The van der Waals surface area contributed by atoms with Gasteiger partial charge in [-0.3, -0.25) is 4.90 Å². The summed E-state index contributed by atoms with van der Waals surface area (Å²) in [6.45, 7) is 7.67. The lowest BCUT2D eigenvalue weighted by Gasteiger charge is -2.30. The van der Waals surface area contributed by atoms with E-state index in [-0.39, 0.29) is 5.82 Å². The van der Waals surface area contributed by atoms with Crippen molar-refractivity contribution in [2.24, 2.45) is 17.3 Å². The molecule has 4 heteroatoms. The van der Waals surface area contributed by atoms with Crippen molar-refractivity contribution in [2.45, 2.75) is 25.8 Å². The van der Waals surface area contributed by atoms with Crippen LogP contribution in [0.3, 0.4) is 0 Å². The first-order valence-corrected chi connectivity index (χ1v) is 9.35. The van der Waals surface area contributed by atoms with E-state index in [1.54, 1.807) is 6.07 Å². The molecule has 1 aromatic rings. The Morgan fingerprint density at radius 1 is 1.25 bits per heavy atom. The number of nitrogens with zero attached hydrogens (tertiary/aromatic N) is 2. The fourth-order valence-corrected chi connectivity index (χ4v) is 4.85. The van der Waals surface area contributed by atoms with Crippen LogP contribution in [-0.2, 0) is 11.3 Å². The third-order valence-electron chi connectivity index (χ3n) is 6.22. The summed E-state index contributed by atoms with van der Waals surface area (Å²) >= 11 is 0. The van der Waals surface area contributed by atoms with Crippen molar-refractivity contribution in [1.29, 1.82) is 0 Å². The summed E-state index contributed by atoms with van der Waals surface area (Å²) in [5.74, 6) is 1.46. The normalized spacial score (nSPS) is 31.3. The molecule has 132 valence electrons. The van der Waals surface area contributed by atoms with Gasteiger partial charge in [-0.25, -0.2) is 4.39 Å². The van der Waals surface area contributed by atoms with Gasteiger partial charge in [0.05, 0.1) is 6.61 Å². The van der Waals surface area contributed by atoms with Crippen LogP contribution in [0, 0.1) is 23.1 Å². The number of likely N-dealkylation sites (tertiary alicyclic amines) is 2. The highest BCUT2D eigenvalue weighted by Gasteiger charge is 2.50. The summed E-state index contributed by atoms with van der Waals surface area (Å²) in [7, 11) is 1.83. The maximum atomic E-state index is 13.4. The highest BCUT2D eigenvalue weighted by molar-refractivity contribution is 5.17. The van der Waals surface area contributed by atoms with Crippen molar-refractivity contribution < 1.29 is 9.13 Å². The fraction of sp³-hybridized carbons (Fsp3) is 0.700. The molecule has 3 fully saturated rings. The highest BCUT2D eigenvalue weighted by Crippen LogP contribution is 2.45. The van der Waals surface area contributed by atoms with E-state index < -0.39 is 0 Å². The Balaban J connectivity index is 1.42. The van der Waals surface area contributed by atoms with E-state index in [0.29, 0.717) is 11.3 Å². The summed E-state index contributed by atoms with van der Waals surface area (Å²) in [4.78, 5) is 5.20. The van der Waals surface area contributed by atoms with Gasteiger partial charge in [-0.15, -0.1) is 0 Å². The smallest absolute Gasteiger partial charge is 0.123 e. The first kappa shape index (κ1) is 16.5. The molecule has 1 aliphatic carbocycles. The topological polar surface area (TPSA) is 15.7 Å². The number of hydrogen-bond donors (Lipinski definition) is 0. The van der Waals surface area contributed by atoms with E-state index in [0.717, 1.165) is 37.7 Å². The van der Waals surface area contributed by atoms with Crippen molar-refractivity contribution in [3.8, 4) is 0 Å². The van der Waals surface area contributed by atoms with Gasteiger partial charge in [0.25, 0.3) is 0 Å². The first-order valence-electron chi connectivity index (χ1n) is 9.35. The molecule has 0 bridgehead atoms. The molecule has 0 N–H and O–H groups in total. The molecule has 2 heterocycles. The summed E-state index contributed by atoms with van der Waals surface area (Å²) < 4.78 is 19.0. The Hall–Kier alpha value is -0.970. The number of hydrogen-bond acceptors (Lipinski definition) is 3. The predicted molar refractivity (Wildman–Crippen MR) is 93.3 cm³/mol. The van der Waals surface area contributed by atoms with Crippen molar-refractivity contribution in [3.63, 3.8) is 0 Å². The van der Waals surface area contributed by atoms with E-state index in [2.05, 4.69) is 9.80 Å². The number of methoxy groups -OCH3 is 1. The average molecular weight is 332 g/mol. The lowest BCUT2D eigenvalue weighted by Crippen LogP contribution is -2.36. The lowest BCUT2D eigenvalue weighted by molar-refractivity contribution is 0.0959. The van der Waals surface area contributed by atoms with Crippen LogP contribution in [0.2, 0.25) is 0 Å². The second-order valence-corrected chi connectivity index (χ2v) is 8.24. The van der Waals surface area contributed by atoms with E-state index in [9.17, 15) is 4.39 Å². The average Bonchev–Trinajstić information content (AvgIpc) is 3.18. The maximum absolute atomic E-state index is 13.4. The molecule has 4 rings (SSSR count). The van der Waals surface area contributed by atoms with Crippen molar-refractivity contribution in [3.05, 3.63) is 35.6 Å². The summed E-state index contributed by atoms with van der Waals surface area (Å²) in [6.07, 6.45) is 4.09. The van der Waals surface area contributed by atoms with Crippen LogP contribution in [0.5, 0.6) is 0 Å². The quantitative estimate of drug-likeness (QED) is 0.796. The Morgan fingerprint density at radius 3 is 2.83 bits per heavy atom. The molecular formula is C20H29FN2O. The van der Waals surface area contributed by atoms with Gasteiger partial charge in [-0.05, 0) is 49.4 Å². The van der Waals surface area contributed by atoms with Crippen LogP contribution < -0.4 is 0 Å². The fourth-order valence-electron chi connectivity index (χ4n) is 4.85. The Kier molecular flexibility index (Phi) is 4.63. The van der Waals surface area contributed by atoms with E-state index in [4.69, 9.17) is 4.74 Å². The lowest BCUT2D eigenvalue weighted by atomic mass is 9.77. The van der Waals surface area contributed by atoms with Crippen LogP contribution >= 0.6 is 0 Å². The van der Waals surface area contributed by atoms with E-state index in [1.165, 1.54) is 45.0 Å². The minimum Gasteiger partial charge on any atom is -0.384 e. The van der Waals surface area contributed by atoms with Crippen LogP contribution in [-0.4, -0.2) is 56.2 Å². The molecular weight excluding hydrogens is 303 g/mol. The molecule has 0 aromatic heterocycles. The second kappa shape index (κ2) is 6.74. The van der Waals surface area contributed by atoms with Crippen LogP contribution in [0.15, 0.2) is 24.3 Å². The molecule has 2 aliphatic heterocycles. The van der Waals surface area contributed by atoms with Crippen molar-refractivity contribution in [1.82, 2.24) is 9.80 Å². The van der Waals surface area contributed by atoms with Gasteiger partial charge >= 0.3 is 0 Å². The Labute approximate surface area is 144 Å². The van der Waals surface area contributed by atoms with Crippen LogP contribution in [0.4, 0.5) is 4.39 Å². The summed E-state index contributed by atoms with van der Waals surface area (Å²) in [5, 5.41) is 0. The monoisotopic (exact) mass is 332 g/mol. The van der Waals surface area contributed by atoms with Gasteiger partial charge in [-0.1, -0.05) is 12.1 Å². The molecule has 1 saturated carbocycles. The number of halogens is 1. The molecule has 0 unspecified atom stereocenters. The first-order chi connectivity index (χ1) is 11.7. The van der Waals surface area contributed by atoms with Gasteiger partial charge in [0.2, 0.25) is 0 Å². The molecule has 0 radical (unpaired) electrons. The molecule has 0 amide bonds. The SMILES string of the molecule is COC[C@H]1CN(CC2CC2)C[C@@]12CCN(Cc1cccc(F)c1)C2. The zero-order valence-electron chi connectivity index (χ0n) is 14.7. The number of rotatable bonds is 6. The zero-order valence-corrected chi connectivity index (χ0v) is 14.7. The molecule has 1 spiro atoms. The standard InChI is InChI=1S/C20H29FN2O/c1-24-13-18-12-23(10-16-5-6-16)15-20(18)7-8-22(14-20)11-17-3-2-4-19(21)9-17/h2-4,9,16,18H,5-8,10-15H2,1H3/t18-,20+/m1/s1. The summed E-state index contributed by atoms with van der Waals surface area (Å²) in [5.41, 5.74) is 1.46.